The van der Waals surface area contributed by atoms with Crippen molar-refractivity contribution in [3.05, 3.63) is 36.4 Å². The lowest BCUT2D eigenvalue weighted by Gasteiger charge is -2.09. The van der Waals surface area contributed by atoms with Gasteiger partial charge in [-0.15, -0.1) is 11.8 Å². The summed E-state index contributed by atoms with van der Waals surface area (Å²) in [4.78, 5) is 28.2. The van der Waals surface area contributed by atoms with Gasteiger partial charge >= 0.3 is 5.97 Å². The van der Waals surface area contributed by atoms with E-state index in [1.165, 1.54) is 29.9 Å². The number of hydrogen-bond donors (Lipinski definition) is 2. The third-order valence-corrected chi connectivity index (χ3v) is 4.66. The summed E-state index contributed by atoms with van der Waals surface area (Å²) in [5.41, 5.74) is 1.56. The van der Waals surface area contributed by atoms with Gasteiger partial charge in [-0.2, -0.15) is 0 Å². The van der Waals surface area contributed by atoms with Crippen molar-refractivity contribution in [2.24, 2.45) is 0 Å². The molecule has 0 saturated carbocycles. The van der Waals surface area contributed by atoms with E-state index in [1.807, 2.05) is 12.3 Å². The third kappa shape index (κ3) is 2.59. The first-order valence-electron chi connectivity index (χ1n) is 5.93. The van der Waals surface area contributed by atoms with Gasteiger partial charge in [-0.05, 0) is 18.4 Å². The van der Waals surface area contributed by atoms with Crippen molar-refractivity contribution in [1.82, 2.24) is 19.9 Å². The number of aromatic carboxylic acids is 1. The Hall–Kier alpha value is -2.06. The molecule has 3 rings (SSSR count). The van der Waals surface area contributed by atoms with Gasteiger partial charge < -0.3 is 10.1 Å². The van der Waals surface area contributed by atoms with Gasteiger partial charge in [-0.1, -0.05) is 17.8 Å². The van der Waals surface area contributed by atoms with Crippen molar-refractivity contribution in [2.75, 3.05) is 6.26 Å². The summed E-state index contributed by atoms with van der Waals surface area (Å²) in [7, 11) is 0. The SMILES string of the molecule is CSc1cccc(Sc2ncnc3nc[nH]c23)c1C(=O)O. The molecule has 2 N–H and O–H groups in total. The van der Waals surface area contributed by atoms with Crippen LogP contribution in [0.3, 0.4) is 0 Å². The second-order valence-electron chi connectivity index (χ2n) is 4.02. The van der Waals surface area contributed by atoms with E-state index < -0.39 is 5.97 Å². The highest BCUT2D eigenvalue weighted by molar-refractivity contribution is 8.00. The van der Waals surface area contributed by atoms with Crippen molar-refractivity contribution in [3.8, 4) is 0 Å². The Bertz CT molecular complexity index is 819. The number of nitrogens with zero attached hydrogens (tertiary/aromatic N) is 3. The standard InChI is InChI=1S/C13H10N4O2S2/c1-20-7-3-2-4-8(9(7)13(18)19)21-12-10-11(15-5-14-10)16-6-17-12/h2-6H,1H3,(H,18,19)(H,14,15,16,17). The molecule has 21 heavy (non-hydrogen) atoms. The van der Waals surface area contributed by atoms with Gasteiger partial charge in [-0.3, -0.25) is 0 Å². The van der Waals surface area contributed by atoms with Crippen molar-refractivity contribution in [1.29, 1.82) is 0 Å². The Kier molecular flexibility index (Phi) is 3.80. The van der Waals surface area contributed by atoms with E-state index in [-0.39, 0.29) is 0 Å². The minimum absolute atomic E-state index is 0.293. The van der Waals surface area contributed by atoms with Crippen LogP contribution >= 0.6 is 23.5 Å². The molecule has 0 bridgehead atoms. The molecule has 0 radical (unpaired) electrons. The minimum atomic E-state index is -0.947. The number of aromatic nitrogens is 4. The first-order chi connectivity index (χ1) is 10.2. The molecule has 0 atom stereocenters. The molecule has 1 aromatic carbocycles. The first kappa shape index (κ1) is 13.9. The molecule has 2 aromatic heterocycles. The monoisotopic (exact) mass is 318 g/mol. The van der Waals surface area contributed by atoms with E-state index in [2.05, 4.69) is 19.9 Å². The Balaban J connectivity index is 2.10. The van der Waals surface area contributed by atoms with Crippen LogP contribution in [0.1, 0.15) is 10.4 Å². The fourth-order valence-corrected chi connectivity index (χ4v) is 3.59. The average molecular weight is 318 g/mol. The summed E-state index contributed by atoms with van der Waals surface area (Å²) in [6.45, 7) is 0. The van der Waals surface area contributed by atoms with Crippen LogP contribution in [0, 0.1) is 0 Å². The van der Waals surface area contributed by atoms with Gasteiger partial charge in [0.25, 0.3) is 0 Å². The lowest BCUT2D eigenvalue weighted by Crippen LogP contribution is -2.01. The number of carbonyl (C=O) groups is 1. The Morgan fingerprint density at radius 1 is 1.24 bits per heavy atom. The molecule has 0 unspecified atom stereocenters. The van der Waals surface area contributed by atoms with Crippen LogP contribution in [0.5, 0.6) is 0 Å². The quantitative estimate of drug-likeness (QED) is 0.564. The van der Waals surface area contributed by atoms with Crippen LogP contribution in [-0.4, -0.2) is 37.3 Å². The zero-order valence-electron chi connectivity index (χ0n) is 10.9. The maximum absolute atomic E-state index is 11.5. The maximum atomic E-state index is 11.5. The Labute approximate surface area is 128 Å². The molecule has 0 aliphatic heterocycles. The van der Waals surface area contributed by atoms with E-state index in [1.54, 1.807) is 18.5 Å². The predicted octanol–water partition coefficient (Wildman–Crippen LogP) is 2.92. The number of H-pyrrole nitrogens is 1. The lowest BCUT2D eigenvalue weighted by atomic mass is 10.2. The van der Waals surface area contributed by atoms with E-state index in [0.29, 0.717) is 26.6 Å². The zero-order valence-corrected chi connectivity index (χ0v) is 12.5. The van der Waals surface area contributed by atoms with Crippen LogP contribution in [0.2, 0.25) is 0 Å². The minimum Gasteiger partial charge on any atom is -0.478 e. The van der Waals surface area contributed by atoms with Crippen LogP contribution in [-0.2, 0) is 0 Å². The van der Waals surface area contributed by atoms with Crippen LogP contribution in [0.4, 0.5) is 0 Å². The third-order valence-electron chi connectivity index (χ3n) is 2.82. The maximum Gasteiger partial charge on any atom is 0.337 e. The van der Waals surface area contributed by atoms with Gasteiger partial charge in [-0.25, -0.2) is 19.7 Å². The average Bonchev–Trinajstić information content (AvgIpc) is 2.96. The number of carboxylic acid groups (broad SMARTS) is 1. The smallest absolute Gasteiger partial charge is 0.337 e. The number of carboxylic acids is 1. The van der Waals surface area contributed by atoms with Gasteiger partial charge in [0.1, 0.15) is 16.9 Å². The molecule has 3 aromatic rings. The summed E-state index contributed by atoms with van der Waals surface area (Å²) in [5.74, 6) is -0.947. The molecule has 8 heteroatoms. The number of aromatic amines is 1. The number of thioether (sulfide) groups is 1. The number of hydrogen-bond acceptors (Lipinski definition) is 6. The van der Waals surface area contributed by atoms with E-state index in [9.17, 15) is 9.90 Å². The first-order valence-corrected chi connectivity index (χ1v) is 7.97. The number of benzene rings is 1. The van der Waals surface area contributed by atoms with Gasteiger partial charge in [0.15, 0.2) is 5.65 Å². The summed E-state index contributed by atoms with van der Waals surface area (Å²) in [6.07, 6.45) is 4.82. The molecule has 0 aliphatic carbocycles. The van der Waals surface area contributed by atoms with E-state index in [4.69, 9.17) is 0 Å². The topological polar surface area (TPSA) is 91.8 Å². The molecule has 0 amide bonds. The highest BCUT2D eigenvalue weighted by Crippen LogP contribution is 2.35. The highest BCUT2D eigenvalue weighted by atomic mass is 32.2. The number of imidazole rings is 1. The summed E-state index contributed by atoms with van der Waals surface area (Å²) in [5, 5.41) is 10.1. The second kappa shape index (κ2) is 5.74. The summed E-state index contributed by atoms with van der Waals surface area (Å²) < 4.78 is 0. The largest absolute Gasteiger partial charge is 0.478 e. The van der Waals surface area contributed by atoms with Crippen LogP contribution < -0.4 is 0 Å². The normalized spacial score (nSPS) is 10.9. The van der Waals surface area contributed by atoms with Crippen molar-refractivity contribution in [3.63, 3.8) is 0 Å². The van der Waals surface area contributed by atoms with E-state index in [0.717, 1.165) is 4.90 Å². The molecule has 106 valence electrons. The highest BCUT2D eigenvalue weighted by Gasteiger charge is 2.17. The number of fused-ring (bicyclic) bond motifs is 1. The van der Waals surface area contributed by atoms with Crippen LogP contribution in [0.15, 0.2) is 45.7 Å². The molecule has 6 nitrogen and oxygen atoms in total. The van der Waals surface area contributed by atoms with Crippen molar-refractivity contribution >= 4 is 40.7 Å². The van der Waals surface area contributed by atoms with Crippen LogP contribution in [0.25, 0.3) is 11.2 Å². The lowest BCUT2D eigenvalue weighted by molar-refractivity contribution is 0.0689. The fraction of sp³-hybridized carbons (Fsp3) is 0.0769. The Morgan fingerprint density at radius 2 is 2.05 bits per heavy atom. The molecule has 2 heterocycles. The molecule has 0 aliphatic rings. The number of rotatable bonds is 4. The van der Waals surface area contributed by atoms with Gasteiger partial charge in [0, 0.05) is 9.79 Å². The van der Waals surface area contributed by atoms with Crippen molar-refractivity contribution in [2.45, 2.75) is 14.8 Å². The van der Waals surface area contributed by atoms with E-state index >= 15 is 0 Å². The fourth-order valence-electron chi connectivity index (χ4n) is 1.90. The van der Waals surface area contributed by atoms with Gasteiger partial charge in [0.05, 0.1) is 11.9 Å². The molecular formula is C13H10N4O2S2. The summed E-state index contributed by atoms with van der Waals surface area (Å²) >= 11 is 2.70. The molecule has 0 fully saturated rings. The molecular weight excluding hydrogens is 308 g/mol. The molecule has 0 spiro atoms. The Morgan fingerprint density at radius 3 is 2.81 bits per heavy atom. The second-order valence-corrected chi connectivity index (χ2v) is 5.90. The molecule has 0 saturated heterocycles. The van der Waals surface area contributed by atoms with Crippen molar-refractivity contribution < 1.29 is 9.90 Å². The predicted molar refractivity (Wildman–Crippen MR) is 81.0 cm³/mol. The zero-order chi connectivity index (χ0) is 14.8. The summed E-state index contributed by atoms with van der Waals surface area (Å²) in [6, 6.07) is 5.41. The van der Waals surface area contributed by atoms with Gasteiger partial charge in [0.2, 0.25) is 0 Å². The number of nitrogens with one attached hydrogen (secondary N) is 1.